The van der Waals surface area contributed by atoms with Crippen LogP contribution in [0.4, 0.5) is 0 Å². The van der Waals surface area contributed by atoms with Crippen molar-refractivity contribution >= 4 is 0 Å². The van der Waals surface area contributed by atoms with Crippen LogP contribution in [-0.4, -0.2) is 0 Å². The average molecular weight is 380 g/mol. The van der Waals surface area contributed by atoms with E-state index in [9.17, 15) is 0 Å². The zero-order valence-corrected chi connectivity index (χ0v) is 16.5. The predicted octanol–water partition coefficient (Wildman–Crippen LogP) is 7.95. The Kier molecular flexibility index (Phi) is 4.98. The number of benzene rings is 5. The van der Waals surface area contributed by atoms with Gasteiger partial charge in [-0.1, -0.05) is 121 Å². The summed E-state index contributed by atoms with van der Waals surface area (Å²) in [5.74, 6) is 0. The molecule has 0 unspecified atom stereocenters. The van der Waals surface area contributed by atoms with E-state index in [0.29, 0.717) is 0 Å². The monoisotopic (exact) mass is 380 g/mol. The molecule has 5 aromatic carbocycles. The van der Waals surface area contributed by atoms with Gasteiger partial charge in [-0.2, -0.15) is 0 Å². The molecule has 0 aliphatic carbocycles. The van der Waals surface area contributed by atoms with Crippen molar-refractivity contribution in [2.24, 2.45) is 0 Å². The van der Waals surface area contributed by atoms with E-state index in [1.165, 1.54) is 0 Å². The third-order valence-corrected chi connectivity index (χ3v) is 5.25. The lowest BCUT2D eigenvalue weighted by Gasteiger charge is -2.17. The molecule has 0 aliphatic rings. The van der Waals surface area contributed by atoms with E-state index < -0.39 is 0 Å². The van der Waals surface area contributed by atoms with Gasteiger partial charge in [0.1, 0.15) is 0 Å². The zero-order valence-electron chi connectivity index (χ0n) is 16.5. The Hall–Kier alpha value is -3.90. The first-order valence-corrected chi connectivity index (χ1v) is 10.1. The van der Waals surface area contributed by atoms with Gasteiger partial charge in [-0.25, -0.2) is 0 Å². The summed E-state index contributed by atoms with van der Waals surface area (Å²) in [6.07, 6.45) is 0. The highest BCUT2D eigenvalue weighted by Crippen LogP contribution is 2.40. The minimum atomic E-state index is 1.07. The van der Waals surface area contributed by atoms with Crippen LogP contribution in [0.5, 0.6) is 0 Å². The van der Waals surface area contributed by atoms with Gasteiger partial charge in [0, 0.05) is 0 Å². The quantitative estimate of drug-likeness (QED) is 0.297. The Morgan fingerprint density at radius 2 is 0.467 bits per heavy atom. The minimum Gasteiger partial charge on any atom is -0.0622 e. The first-order valence-electron chi connectivity index (χ1n) is 10.1. The maximum Gasteiger partial charge on any atom is -0.0000936 e. The molecule has 140 valence electrons. The lowest BCUT2D eigenvalue weighted by molar-refractivity contribution is 1.53. The maximum atomic E-state index is 3.78. The van der Waals surface area contributed by atoms with Gasteiger partial charge in [-0.15, -0.1) is 0 Å². The molecule has 0 atom stereocenters. The molecule has 0 bridgehead atoms. The first-order chi connectivity index (χ1) is 14.9. The van der Waals surface area contributed by atoms with Crippen LogP contribution in [-0.2, 0) is 0 Å². The second-order valence-electron chi connectivity index (χ2n) is 7.21. The summed E-state index contributed by atoms with van der Waals surface area (Å²) in [5, 5.41) is 0. The van der Waals surface area contributed by atoms with Gasteiger partial charge in [-0.3, -0.25) is 0 Å². The summed E-state index contributed by atoms with van der Waals surface area (Å²) in [6, 6.07) is 49.5. The molecule has 5 aromatic rings. The molecule has 0 saturated heterocycles. The lowest BCUT2D eigenvalue weighted by atomic mass is 9.86. The van der Waals surface area contributed by atoms with Gasteiger partial charge in [0.15, 0.2) is 0 Å². The zero-order chi connectivity index (χ0) is 20.2. The largest absolute Gasteiger partial charge is 0.0622 e. The Bertz CT molecular complexity index is 1040. The highest BCUT2D eigenvalue weighted by Gasteiger charge is 2.16. The van der Waals surface area contributed by atoms with Crippen molar-refractivity contribution in [2.45, 2.75) is 0 Å². The van der Waals surface area contributed by atoms with E-state index in [-0.39, 0.29) is 0 Å². The van der Waals surface area contributed by atoms with Crippen molar-refractivity contribution in [3.63, 3.8) is 0 Å². The summed E-state index contributed by atoms with van der Waals surface area (Å²) in [5.41, 5.74) is 8.85. The molecule has 30 heavy (non-hydrogen) atoms. The normalized spacial score (nSPS) is 10.7. The molecule has 0 saturated carbocycles. The number of hydrogen-bond acceptors (Lipinski definition) is 0. The molecule has 0 aromatic heterocycles. The van der Waals surface area contributed by atoms with Gasteiger partial charge < -0.3 is 0 Å². The highest BCUT2D eigenvalue weighted by atomic mass is 14.2. The third-order valence-electron chi connectivity index (χ3n) is 5.25. The van der Waals surface area contributed by atoms with Crippen LogP contribution in [0.3, 0.4) is 0 Å². The molecular formula is C30H20. The van der Waals surface area contributed by atoms with Gasteiger partial charge >= 0.3 is 0 Å². The fourth-order valence-electron chi connectivity index (χ4n) is 3.79. The SMILES string of the molecule is [c]1c(-c2ccccc2)c(-c2ccccc2)[c]c(-c2ccccc2)c1-c1ccccc1. The first kappa shape index (κ1) is 18.1. The number of hydrogen-bond donors (Lipinski definition) is 0. The van der Waals surface area contributed by atoms with Crippen LogP contribution >= 0.6 is 0 Å². The van der Waals surface area contributed by atoms with Gasteiger partial charge in [0.25, 0.3) is 0 Å². The predicted molar refractivity (Wildman–Crippen MR) is 126 cm³/mol. The van der Waals surface area contributed by atoms with Crippen LogP contribution in [0.25, 0.3) is 44.5 Å². The van der Waals surface area contributed by atoms with Crippen LogP contribution in [0.15, 0.2) is 121 Å². The van der Waals surface area contributed by atoms with E-state index in [2.05, 4.69) is 109 Å². The standard InChI is InChI=1S/C30H20/c1-5-13-23(14-6-1)27-21-29(25-17-9-3-10-18-25)30(26-19-11-4-12-20-26)22-28(27)24-15-7-2-8-16-24/h1-20H. The van der Waals surface area contributed by atoms with E-state index in [0.717, 1.165) is 44.5 Å². The maximum absolute atomic E-state index is 3.78. The lowest BCUT2D eigenvalue weighted by Crippen LogP contribution is -1.93. The van der Waals surface area contributed by atoms with Gasteiger partial charge in [0.05, 0.1) is 0 Å². The summed E-state index contributed by atoms with van der Waals surface area (Å²) in [4.78, 5) is 0. The van der Waals surface area contributed by atoms with E-state index in [1.807, 2.05) is 24.3 Å². The summed E-state index contributed by atoms with van der Waals surface area (Å²) in [7, 11) is 0. The minimum absolute atomic E-state index is 1.07. The van der Waals surface area contributed by atoms with Crippen LogP contribution in [0.2, 0.25) is 0 Å². The van der Waals surface area contributed by atoms with Crippen molar-refractivity contribution in [1.29, 1.82) is 0 Å². The fraction of sp³-hybridized carbons (Fsp3) is 0. The second-order valence-corrected chi connectivity index (χ2v) is 7.21. The third kappa shape index (κ3) is 3.56. The van der Waals surface area contributed by atoms with Crippen molar-refractivity contribution in [1.82, 2.24) is 0 Å². The topological polar surface area (TPSA) is 0 Å². The van der Waals surface area contributed by atoms with Crippen LogP contribution < -0.4 is 0 Å². The molecule has 0 nitrogen and oxygen atoms in total. The highest BCUT2D eigenvalue weighted by molar-refractivity contribution is 5.93. The van der Waals surface area contributed by atoms with E-state index >= 15 is 0 Å². The molecule has 0 heteroatoms. The second kappa shape index (κ2) is 8.23. The molecular weight excluding hydrogens is 360 g/mol. The van der Waals surface area contributed by atoms with Crippen molar-refractivity contribution in [3.05, 3.63) is 133 Å². The van der Waals surface area contributed by atoms with Crippen molar-refractivity contribution in [2.75, 3.05) is 0 Å². The van der Waals surface area contributed by atoms with Gasteiger partial charge in [-0.05, 0) is 56.6 Å². The van der Waals surface area contributed by atoms with Crippen LogP contribution in [0.1, 0.15) is 0 Å². The van der Waals surface area contributed by atoms with E-state index in [1.54, 1.807) is 0 Å². The van der Waals surface area contributed by atoms with Crippen LogP contribution in [0, 0.1) is 12.1 Å². The Balaban J connectivity index is 1.85. The Labute approximate surface area is 178 Å². The molecule has 0 heterocycles. The molecule has 0 fully saturated rings. The molecule has 5 rings (SSSR count). The molecule has 2 radical (unpaired) electrons. The van der Waals surface area contributed by atoms with E-state index in [4.69, 9.17) is 0 Å². The van der Waals surface area contributed by atoms with Crippen molar-refractivity contribution in [3.8, 4) is 44.5 Å². The average Bonchev–Trinajstić information content (AvgIpc) is 2.85. The smallest absolute Gasteiger partial charge is 0.0000936 e. The molecule has 0 spiro atoms. The number of rotatable bonds is 4. The Morgan fingerprint density at radius 1 is 0.267 bits per heavy atom. The fourth-order valence-corrected chi connectivity index (χ4v) is 3.79. The summed E-state index contributed by atoms with van der Waals surface area (Å²) >= 11 is 0. The molecule has 0 amide bonds. The molecule has 0 aliphatic heterocycles. The van der Waals surface area contributed by atoms with Crippen molar-refractivity contribution < 1.29 is 0 Å². The molecule has 0 N–H and O–H groups in total. The summed E-state index contributed by atoms with van der Waals surface area (Å²) < 4.78 is 0. The van der Waals surface area contributed by atoms with Gasteiger partial charge in [0.2, 0.25) is 0 Å². The Morgan fingerprint density at radius 3 is 0.667 bits per heavy atom. The summed E-state index contributed by atoms with van der Waals surface area (Å²) in [6.45, 7) is 0.